The Morgan fingerprint density at radius 2 is 1.77 bits per heavy atom. The molecule has 1 aliphatic heterocycles. The summed E-state index contributed by atoms with van der Waals surface area (Å²) in [6, 6.07) is 19.6. The molecule has 3 aromatic rings. The van der Waals surface area contributed by atoms with Crippen molar-refractivity contribution in [2.75, 3.05) is 7.11 Å². The van der Waals surface area contributed by atoms with Crippen molar-refractivity contribution in [2.45, 2.75) is 6.10 Å². The van der Waals surface area contributed by atoms with Crippen LogP contribution in [-0.2, 0) is 4.74 Å². The van der Waals surface area contributed by atoms with Crippen LogP contribution in [0.4, 0.5) is 0 Å². The Labute approximate surface area is 128 Å². The first-order valence-electron chi connectivity index (χ1n) is 7.14. The van der Waals surface area contributed by atoms with Crippen molar-refractivity contribution in [3.05, 3.63) is 77.4 Å². The van der Waals surface area contributed by atoms with Crippen molar-refractivity contribution in [1.29, 1.82) is 0 Å². The average Bonchev–Trinajstić information content (AvgIpc) is 2.90. The Kier molecular flexibility index (Phi) is 2.86. The fourth-order valence-electron chi connectivity index (χ4n) is 3.01. The number of ether oxygens (including phenoxy) is 2. The molecule has 0 aromatic heterocycles. The number of cyclic esters (lactones) is 1. The quantitative estimate of drug-likeness (QED) is 0.666. The van der Waals surface area contributed by atoms with Crippen molar-refractivity contribution in [2.24, 2.45) is 0 Å². The molecule has 0 saturated heterocycles. The molecule has 1 atom stereocenters. The van der Waals surface area contributed by atoms with Crippen molar-refractivity contribution in [3.63, 3.8) is 0 Å². The number of carbonyl (C=O) groups is 1. The van der Waals surface area contributed by atoms with Gasteiger partial charge in [0.05, 0.1) is 12.7 Å². The molecule has 0 radical (unpaired) electrons. The fourth-order valence-corrected chi connectivity index (χ4v) is 3.01. The summed E-state index contributed by atoms with van der Waals surface area (Å²) in [5.74, 6) is 0.442. The summed E-state index contributed by atoms with van der Waals surface area (Å²) in [6.45, 7) is 0. The third kappa shape index (κ3) is 1.86. The van der Waals surface area contributed by atoms with Gasteiger partial charge >= 0.3 is 5.97 Å². The minimum atomic E-state index is -0.385. The van der Waals surface area contributed by atoms with E-state index in [1.165, 1.54) is 0 Å². The lowest BCUT2D eigenvalue weighted by atomic mass is 9.94. The van der Waals surface area contributed by atoms with Crippen molar-refractivity contribution in [1.82, 2.24) is 0 Å². The zero-order chi connectivity index (χ0) is 15.1. The molecule has 1 unspecified atom stereocenters. The van der Waals surface area contributed by atoms with Crippen LogP contribution in [0.3, 0.4) is 0 Å². The standard InChI is InChI=1S/C19H14O3/c1-21-13-9-10-16-17(11-13)18(22-19(16)20)15-8-4-6-12-5-2-3-7-14(12)15/h2-11,18H,1H3. The van der Waals surface area contributed by atoms with E-state index < -0.39 is 0 Å². The van der Waals surface area contributed by atoms with Gasteiger partial charge in [-0.2, -0.15) is 0 Å². The van der Waals surface area contributed by atoms with E-state index in [1.807, 2.05) is 30.3 Å². The van der Waals surface area contributed by atoms with Crippen LogP contribution < -0.4 is 4.74 Å². The molecule has 3 aromatic carbocycles. The maximum Gasteiger partial charge on any atom is 0.339 e. The molecule has 3 heteroatoms. The Hall–Kier alpha value is -2.81. The number of esters is 1. The third-order valence-electron chi connectivity index (χ3n) is 4.09. The summed E-state index contributed by atoms with van der Waals surface area (Å²) in [5, 5.41) is 2.23. The summed E-state index contributed by atoms with van der Waals surface area (Å²) in [7, 11) is 1.62. The summed E-state index contributed by atoms with van der Waals surface area (Å²) in [5.41, 5.74) is 2.47. The molecule has 4 rings (SSSR count). The van der Waals surface area contributed by atoms with Gasteiger partial charge in [-0.25, -0.2) is 4.79 Å². The second-order valence-corrected chi connectivity index (χ2v) is 5.31. The van der Waals surface area contributed by atoms with E-state index in [2.05, 4.69) is 18.2 Å². The highest BCUT2D eigenvalue weighted by atomic mass is 16.5. The molecule has 108 valence electrons. The molecule has 0 aliphatic carbocycles. The van der Waals surface area contributed by atoms with E-state index in [4.69, 9.17) is 9.47 Å². The van der Waals surface area contributed by atoms with Crippen LogP contribution >= 0.6 is 0 Å². The van der Waals surface area contributed by atoms with E-state index in [1.54, 1.807) is 19.2 Å². The monoisotopic (exact) mass is 290 g/mol. The molecular formula is C19H14O3. The van der Waals surface area contributed by atoms with E-state index in [-0.39, 0.29) is 12.1 Å². The molecule has 0 bridgehead atoms. The second-order valence-electron chi connectivity index (χ2n) is 5.31. The van der Waals surface area contributed by atoms with Gasteiger partial charge in [0, 0.05) is 11.1 Å². The summed E-state index contributed by atoms with van der Waals surface area (Å²) >= 11 is 0. The zero-order valence-electron chi connectivity index (χ0n) is 12.1. The normalized spacial score (nSPS) is 16.4. The number of methoxy groups -OCH3 is 1. The van der Waals surface area contributed by atoms with Gasteiger partial charge in [0.15, 0.2) is 6.10 Å². The van der Waals surface area contributed by atoms with Gasteiger partial charge in [-0.1, -0.05) is 42.5 Å². The van der Waals surface area contributed by atoms with Crippen LogP contribution in [0.1, 0.15) is 27.6 Å². The smallest absolute Gasteiger partial charge is 0.339 e. The number of benzene rings is 3. The predicted molar refractivity (Wildman–Crippen MR) is 84.2 cm³/mol. The highest BCUT2D eigenvalue weighted by Gasteiger charge is 2.33. The van der Waals surface area contributed by atoms with Crippen molar-refractivity contribution >= 4 is 16.7 Å². The maximum atomic E-state index is 12.1. The van der Waals surface area contributed by atoms with E-state index in [0.717, 1.165) is 27.6 Å². The Bertz CT molecular complexity index is 877. The van der Waals surface area contributed by atoms with Gasteiger partial charge in [-0.15, -0.1) is 0 Å². The number of fused-ring (bicyclic) bond motifs is 2. The maximum absolute atomic E-state index is 12.1. The minimum absolute atomic E-state index is 0.282. The lowest BCUT2D eigenvalue weighted by molar-refractivity contribution is 0.0458. The molecule has 22 heavy (non-hydrogen) atoms. The molecule has 3 nitrogen and oxygen atoms in total. The topological polar surface area (TPSA) is 35.5 Å². The highest BCUT2D eigenvalue weighted by molar-refractivity contribution is 5.96. The molecule has 0 spiro atoms. The first-order chi connectivity index (χ1) is 10.8. The summed E-state index contributed by atoms with van der Waals surface area (Å²) < 4.78 is 10.9. The Morgan fingerprint density at radius 3 is 2.64 bits per heavy atom. The van der Waals surface area contributed by atoms with Gasteiger partial charge < -0.3 is 9.47 Å². The van der Waals surface area contributed by atoms with Crippen molar-refractivity contribution < 1.29 is 14.3 Å². The first-order valence-corrected chi connectivity index (χ1v) is 7.14. The van der Waals surface area contributed by atoms with Gasteiger partial charge in [-0.3, -0.25) is 0 Å². The van der Waals surface area contributed by atoms with Crippen LogP contribution in [0.2, 0.25) is 0 Å². The minimum Gasteiger partial charge on any atom is -0.497 e. The van der Waals surface area contributed by atoms with Gasteiger partial charge in [0.25, 0.3) is 0 Å². The van der Waals surface area contributed by atoms with Crippen LogP contribution in [0, 0.1) is 0 Å². The van der Waals surface area contributed by atoms with E-state index >= 15 is 0 Å². The Balaban J connectivity index is 1.93. The number of hydrogen-bond donors (Lipinski definition) is 0. The number of hydrogen-bond acceptors (Lipinski definition) is 3. The van der Waals surface area contributed by atoms with Crippen LogP contribution in [0.5, 0.6) is 5.75 Å². The van der Waals surface area contributed by atoms with Gasteiger partial charge in [-0.05, 0) is 29.0 Å². The molecule has 0 fully saturated rings. The Morgan fingerprint density at radius 1 is 0.955 bits per heavy atom. The average molecular weight is 290 g/mol. The second kappa shape index (κ2) is 4.88. The number of rotatable bonds is 2. The molecule has 1 aliphatic rings. The lowest BCUT2D eigenvalue weighted by Gasteiger charge is -2.14. The SMILES string of the molecule is COc1ccc2c(c1)C(c1cccc3ccccc13)OC2=O. The summed E-state index contributed by atoms with van der Waals surface area (Å²) in [6.07, 6.45) is -0.385. The highest BCUT2D eigenvalue weighted by Crippen LogP contribution is 2.40. The number of carbonyl (C=O) groups excluding carboxylic acids is 1. The van der Waals surface area contributed by atoms with E-state index in [0.29, 0.717) is 5.56 Å². The predicted octanol–water partition coefficient (Wildman–Crippen LogP) is 4.11. The fraction of sp³-hybridized carbons (Fsp3) is 0.105. The van der Waals surface area contributed by atoms with Crippen molar-refractivity contribution in [3.8, 4) is 5.75 Å². The van der Waals surface area contributed by atoms with Crippen LogP contribution in [0.15, 0.2) is 60.7 Å². The molecule has 1 heterocycles. The molecule has 0 amide bonds. The van der Waals surface area contributed by atoms with Crippen LogP contribution in [0.25, 0.3) is 10.8 Å². The largest absolute Gasteiger partial charge is 0.497 e. The van der Waals surface area contributed by atoms with E-state index in [9.17, 15) is 4.79 Å². The van der Waals surface area contributed by atoms with Gasteiger partial charge in [0.2, 0.25) is 0 Å². The molecule has 0 saturated carbocycles. The first kappa shape index (κ1) is 12.9. The summed E-state index contributed by atoms with van der Waals surface area (Å²) in [4.78, 5) is 12.1. The molecule has 0 N–H and O–H groups in total. The van der Waals surface area contributed by atoms with Gasteiger partial charge in [0.1, 0.15) is 5.75 Å². The lowest BCUT2D eigenvalue weighted by Crippen LogP contribution is -2.01. The zero-order valence-corrected chi connectivity index (χ0v) is 12.1. The third-order valence-corrected chi connectivity index (χ3v) is 4.09. The molecular weight excluding hydrogens is 276 g/mol. The van der Waals surface area contributed by atoms with Crippen LogP contribution in [-0.4, -0.2) is 13.1 Å².